The average molecular weight is 267 g/mol. The van der Waals surface area contributed by atoms with Crippen LogP contribution >= 0.6 is 12.2 Å². The van der Waals surface area contributed by atoms with Gasteiger partial charge in [0, 0.05) is 24.8 Å². The molecule has 1 N–H and O–H groups in total. The topological polar surface area (TPSA) is 50.3 Å². The summed E-state index contributed by atoms with van der Waals surface area (Å²) in [5, 5.41) is 0. The van der Waals surface area contributed by atoms with E-state index in [1.165, 1.54) is 25.5 Å². The Morgan fingerprint density at radius 2 is 2.44 bits per heavy atom. The van der Waals surface area contributed by atoms with Crippen LogP contribution in [0.1, 0.15) is 12.8 Å². The van der Waals surface area contributed by atoms with E-state index in [-0.39, 0.29) is 11.7 Å². The van der Waals surface area contributed by atoms with Crippen LogP contribution in [0.4, 0.5) is 0 Å². The minimum Gasteiger partial charge on any atom is -0.373 e. The molecule has 6 heteroatoms. The van der Waals surface area contributed by atoms with Gasteiger partial charge in [0.15, 0.2) is 4.77 Å². The predicted octanol–water partition coefficient (Wildman–Crippen LogP) is 0.769. The van der Waals surface area contributed by atoms with Crippen LogP contribution in [0, 0.1) is 4.77 Å². The molecule has 18 heavy (non-hydrogen) atoms. The maximum atomic E-state index is 11.1. The van der Waals surface area contributed by atoms with Crippen LogP contribution in [0.15, 0.2) is 17.1 Å². The Kier molecular flexibility index (Phi) is 3.32. The maximum absolute atomic E-state index is 11.1. The summed E-state index contributed by atoms with van der Waals surface area (Å²) in [5.41, 5.74) is -0.152. The molecule has 0 aromatic carbocycles. The highest BCUT2D eigenvalue weighted by molar-refractivity contribution is 7.71. The standard InChI is InChI=1S/C12H17N3O2S/c16-11-3-5-15(12(18)13-11)7-10-6-14-4-1-2-9(14)8-17-10/h3,5,9-10H,1-2,4,6-8H2,(H,13,16,18). The molecule has 2 unspecified atom stereocenters. The van der Waals surface area contributed by atoms with Crippen molar-refractivity contribution in [1.29, 1.82) is 0 Å². The summed E-state index contributed by atoms with van der Waals surface area (Å²) >= 11 is 5.14. The number of nitrogens with zero attached hydrogens (tertiary/aromatic N) is 2. The number of ether oxygens (including phenoxy) is 1. The van der Waals surface area contributed by atoms with Crippen molar-refractivity contribution in [2.75, 3.05) is 19.7 Å². The third-order valence-electron chi connectivity index (χ3n) is 3.76. The molecular formula is C12H17N3O2S. The van der Waals surface area contributed by atoms with Gasteiger partial charge in [-0.1, -0.05) is 0 Å². The van der Waals surface area contributed by atoms with Crippen molar-refractivity contribution >= 4 is 12.2 Å². The zero-order valence-electron chi connectivity index (χ0n) is 10.2. The minimum absolute atomic E-state index is 0.152. The molecular weight excluding hydrogens is 250 g/mol. The number of hydrogen-bond donors (Lipinski definition) is 1. The Balaban J connectivity index is 1.69. The van der Waals surface area contributed by atoms with E-state index < -0.39 is 0 Å². The molecule has 2 aliphatic rings. The first kappa shape index (κ1) is 12.1. The molecule has 5 nitrogen and oxygen atoms in total. The van der Waals surface area contributed by atoms with Crippen molar-refractivity contribution < 1.29 is 4.74 Å². The molecule has 98 valence electrons. The Morgan fingerprint density at radius 1 is 1.56 bits per heavy atom. The van der Waals surface area contributed by atoms with Crippen LogP contribution in [-0.4, -0.2) is 46.3 Å². The van der Waals surface area contributed by atoms with Crippen molar-refractivity contribution in [3.63, 3.8) is 0 Å². The van der Waals surface area contributed by atoms with Gasteiger partial charge in [0.05, 0.1) is 19.3 Å². The molecule has 2 aliphatic heterocycles. The number of nitrogens with one attached hydrogen (secondary N) is 1. The molecule has 0 spiro atoms. The second kappa shape index (κ2) is 4.95. The Hall–Kier alpha value is -0.980. The molecule has 0 bridgehead atoms. The molecule has 0 amide bonds. The van der Waals surface area contributed by atoms with Gasteiger partial charge in [0.2, 0.25) is 0 Å². The number of rotatable bonds is 2. The lowest BCUT2D eigenvalue weighted by atomic mass is 10.2. The summed E-state index contributed by atoms with van der Waals surface area (Å²) in [6.45, 7) is 3.67. The summed E-state index contributed by atoms with van der Waals surface area (Å²) in [7, 11) is 0. The lowest BCUT2D eigenvalue weighted by Crippen LogP contribution is -2.47. The molecule has 3 heterocycles. The van der Waals surface area contributed by atoms with E-state index in [0.717, 1.165) is 13.2 Å². The van der Waals surface area contributed by atoms with Gasteiger partial charge in [-0.05, 0) is 31.6 Å². The molecule has 2 atom stereocenters. The normalized spacial score (nSPS) is 28.2. The summed E-state index contributed by atoms with van der Waals surface area (Å²) in [5.74, 6) is 0. The van der Waals surface area contributed by atoms with E-state index in [0.29, 0.717) is 17.4 Å². The second-order valence-electron chi connectivity index (χ2n) is 5.01. The summed E-state index contributed by atoms with van der Waals surface area (Å²) in [6, 6.07) is 2.11. The van der Waals surface area contributed by atoms with Crippen LogP contribution in [-0.2, 0) is 11.3 Å². The quantitative estimate of drug-likeness (QED) is 0.804. The van der Waals surface area contributed by atoms with E-state index in [1.54, 1.807) is 6.20 Å². The smallest absolute Gasteiger partial charge is 0.251 e. The lowest BCUT2D eigenvalue weighted by molar-refractivity contribution is -0.0554. The fourth-order valence-electron chi connectivity index (χ4n) is 2.80. The van der Waals surface area contributed by atoms with Gasteiger partial charge in [-0.15, -0.1) is 0 Å². The van der Waals surface area contributed by atoms with E-state index in [4.69, 9.17) is 17.0 Å². The third kappa shape index (κ3) is 2.41. The largest absolute Gasteiger partial charge is 0.373 e. The number of H-pyrrole nitrogens is 1. The van der Waals surface area contributed by atoms with Gasteiger partial charge in [-0.3, -0.25) is 14.7 Å². The van der Waals surface area contributed by atoms with Crippen molar-refractivity contribution in [3.8, 4) is 0 Å². The summed E-state index contributed by atoms with van der Waals surface area (Å²) in [6.07, 6.45) is 4.43. The second-order valence-corrected chi connectivity index (χ2v) is 5.40. The molecule has 0 aliphatic carbocycles. The van der Waals surface area contributed by atoms with Crippen LogP contribution in [0.25, 0.3) is 0 Å². The Morgan fingerprint density at radius 3 is 3.28 bits per heavy atom. The molecule has 1 aromatic heterocycles. The number of aromatic nitrogens is 2. The zero-order valence-corrected chi connectivity index (χ0v) is 11.0. The van der Waals surface area contributed by atoms with Gasteiger partial charge in [0.1, 0.15) is 0 Å². The zero-order chi connectivity index (χ0) is 12.5. The van der Waals surface area contributed by atoms with Crippen molar-refractivity contribution in [1.82, 2.24) is 14.5 Å². The van der Waals surface area contributed by atoms with Gasteiger partial charge in [-0.2, -0.15) is 0 Å². The SMILES string of the molecule is O=c1ccn(CC2CN3CCCC3CO2)c(=S)[nH]1. The van der Waals surface area contributed by atoms with Crippen LogP contribution in [0.2, 0.25) is 0 Å². The fraction of sp³-hybridized carbons (Fsp3) is 0.667. The molecule has 2 fully saturated rings. The first-order chi connectivity index (χ1) is 8.72. The first-order valence-electron chi connectivity index (χ1n) is 6.38. The highest BCUT2D eigenvalue weighted by Crippen LogP contribution is 2.23. The van der Waals surface area contributed by atoms with Gasteiger partial charge in [-0.25, -0.2) is 0 Å². The van der Waals surface area contributed by atoms with E-state index in [9.17, 15) is 4.79 Å². The van der Waals surface area contributed by atoms with Crippen LogP contribution < -0.4 is 5.56 Å². The molecule has 0 radical (unpaired) electrons. The van der Waals surface area contributed by atoms with E-state index >= 15 is 0 Å². The third-order valence-corrected chi connectivity index (χ3v) is 4.10. The molecule has 3 rings (SSSR count). The highest BCUT2D eigenvalue weighted by Gasteiger charge is 2.32. The van der Waals surface area contributed by atoms with Gasteiger partial charge in [0.25, 0.3) is 5.56 Å². The van der Waals surface area contributed by atoms with E-state index in [2.05, 4.69) is 9.88 Å². The van der Waals surface area contributed by atoms with Crippen LogP contribution in [0.5, 0.6) is 0 Å². The first-order valence-corrected chi connectivity index (χ1v) is 6.78. The average Bonchev–Trinajstić information content (AvgIpc) is 2.80. The summed E-state index contributed by atoms with van der Waals surface area (Å²) in [4.78, 5) is 16.2. The van der Waals surface area contributed by atoms with Crippen molar-refractivity contribution in [3.05, 3.63) is 27.4 Å². The minimum atomic E-state index is -0.152. The number of hydrogen-bond acceptors (Lipinski definition) is 4. The van der Waals surface area contributed by atoms with Crippen molar-refractivity contribution in [2.45, 2.75) is 31.5 Å². The fourth-order valence-corrected chi connectivity index (χ4v) is 3.04. The number of morpholine rings is 1. The maximum Gasteiger partial charge on any atom is 0.251 e. The Bertz CT molecular complexity index is 539. The summed E-state index contributed by atoms with van der Waals surface area (Å²) < 4.78 is 8.22. The molecule has 0 saturated carbocycles. The molecule has 2 saturated heterocycles. The predicted molar refractivity (Wildman–Crippen MR) is 70.2 cm³/mol. The van der Waals surface area contributed by atoms with Crippen LogP contribution in [0.3, 0.4) is 0 Å². The number of fused-ring (bicyclic) bond motifs is 1. The number of aromatic amines is 1. The lowest BCUT2D eigenvalue weighted by Gasteiger charge is -2.35. The highest BCUT2D eigenvalue weighted by atomic mass is 32.1. The van der Waals surface area contributed by atoms with Crippen molar-refractivity contribution in [2.24, 2.45) is 0 Å². The van der Waals surface area contributed by atoms with E-state index in [1.807, 2.05) is 4.57 Å². The molecule has 1 aromatic rings. The Labute approximate surface area is 110 Å². The monoisotopic (exact) mass is 267 g/mol. The van der Waals surface area contributed by atoms with Gasteiger partial charge < -0.3 is 9.30 Å². The van der Waals surface area contributed by atoms with Gasteiger partial charge >= 0.3 is 0 Å².